The molecule has 3 heterocycles. The van der Waals surface area contributed by atoms with E-state index in [1.165, 1.54) is 17.1 Å². The molecule has 0 spiro atoms. The number of alkyl halides is 1. The summed E-state index contributed by atoms with van der Waals surface area (Å²) in [6.07, 6.45) is 5.16. The van der Waals surface area contributed by atoms with Gasteiger partial charge in [0.15, 0.2) is 0 Å². The highest BCUT2D eigenvalue weighted by molar-refractivity contribution is 7.99. The number of hydrogen-bond acceptors (Lipinski definition) is 5. The lowest BCUT2D eigenvalue weighted by Crippen LogP contribution is -2.23. The molecule has 0 unspecified atom stereocenters. The van der Waals surface area contributed by atoms with Crippen molar-refractivity contribution in [3.63, 3.8) is 0 Å². The molecular weight excluding hydrogens is 554 g/mol. The van der Waals surface area contributed by atoms with Crippen LogP contribution in [0.3, 0.4) is 0 Å². The van der Waals surface area contributed by atoms with Crippen molar-refractivity contribution in [1.82, 2.24) is 14.6 Å². The summed E-state index contributed by atoms with van der Waals surface area (Å²) < 4.78 is 1.36. The summed E-state index contributed by atoms with van der Waals surface area (Å²) in [6.45, 7) is 5.14. The lowest BCUT2D eigenvalue weighted by molar-refractivity contribution is -0.106. The van der Waals surface area contributed by atoms with Gasteiger partial charge in [0.25, 0.3) is 17.7 Å². The predicted octanol–water partition coefficient (Wildman–Crippen LogP) is 4.37. The Morgan fingerprint density at radius 2 is 1.55 bits per heavy atom. The van der Waals surface area contributed by atoms with Crippen LogP contribution in [0.2, 0.25) is 0 Å². The molecule has 0 aliphatic carbocycles. The van der Waals surface area contributed by atoms with Crippen LogP contribution in [0.1, 0.15) is 48.2 Å². The molecule has 0 radical (unpaired) electrons. The molecule has 4 amide bonds. The first kappa shape index (κ1) is 28.6. The molecule has 208 valence electrons. The largest absolute Gasteiger partial charge is 0.364 e. The number of rotatable bonds is 11. The van der Waals surface area contributed by atoms with E-state index in [4.69, 9.17) is 17.3 Å². The Balaban J connectivity index is 1.56. The van der Waals surface area contributed by atoms with E-state index in [0.717, 1.165) is 21.8 Å². The number of nitrogens with one attached hydrogen (secondary N) is 5. The maximum absolute atomic E-state index is 13.4. The van der Waals surface area contributed by atoms with Crippen LogP contribution in [0, 0.1) is 20.8 Å². The van der Waals surface area contributed by atoms with Gasteiger partial charge in [0, 0.05) is 51.8 Å². The van der Waals surface area contributed by atoms with Crippen LogP contribution >= 0.6 is 23.4 Å². The van der Waals surface area contributed by atoms with Crippen molar-refractivity contribution in [2.45, 2.75) is 25.7 Å². The molecule has 11 nitrogen and oxygen atoms in total. The fourth-order valence-corrected chi connectivity index (χ4v) is 5.20. The van der Waals surface area contributed by atoms with Crippen LogP contribution in [0.25, 0.3) is 11.1 Å². The average molecular weight is 582 g/mol. The minimum Gasteiger partial charge on any atom is -0.364 e. The normalized spacial score (nSPS) is 10.8. The number of anilines is 2. The zero-order valence-electron chi connectivity index (χ0n) is 22.0. The van der Waals surface area contributed by atoms with Crippen molar-refractivity contribution in [2.75, 3.05) is 27.7 Å². The molecule has 0 aliphatic rings. The van der Waals surface area contributed by atoms with Gasteiger partial charge in [0.05, 0.1) is 11.4 Å². The fraction of sp³-hybridized carbons (Fsp3) is 0.185. The number of carbonyl (C=O) groups is 4. The summed E-state index contributed by atoms with van der Waals surface area (Å²) in [4.78, 5) is 55.8. The third kappa shape index (κ3) is 5.77. The summed E-state index contributed by atoms with van der Waals surface area (Å²) in [7, 11) is 0. The van der Waals surface area contributed by atoms with E-state index < -0.39 is 17.7 Å². The van der Waals surface area contributed by atoms with Gasteiger partial charge in [0.2, 0.25) is 6.41 Å². The topological polar surface area (TPSA) is 167 Å². The highest BCUT2D eigenvalue weighted by Gasteiger charge is 2.23. The maximum atomic E-state index is 13.4. The van der Waals surface area contributed by atoms with Crippen molar-refractivity contribution in [3.05, 3.63) is 76.6 Å². The molecule has 7 N–H and O–H groups in total. The first-order valence-corrected chi connectivity index (χ1v) is 13.7. The molecule has 4 rings (SSSR count). The van der Waals surface area contributed by atoms with Gasteiger partial charge in [-0.3, -0.25) is 29.3 Å². The molecule has 0 atom stereocenters. The molecule has 0 aliphatic heterocycles. The Morgan fingerprint density at radius 3 is 2.12 bits per heavy atom. The molecule has 0 fully saturated rings. The number of halogens is 1. The lowest BCUT2D eigenvalue weighted by atomic mass is 10.0. The molecule has 0 bridgehead atoms. The molecule has 0 saturated heterocycles. The van der Waals surface area contributed by atoms with Gasteiger partial charge < -0.3 is 26.3 Å². The van der Waals surface area contributed by atoms with E-state index >= 15 is 0 Å². The minimum atomic E-state index is -0.635. The lowest BCUT2D eigenvalue weighted by Gasteiger charge is -2.10. The molecule has 0 saturated carbocycles. The van der Waals surface area contributed by atoms with E-state index in [9.17, 15) is 19.2 Å². The van der Waals surface area contributed by atoms with Crippen LogP contribution in [0.5, 0.6) is 0 Å². The first-order valence-electron chi connectivity index (χ1n) is 12.2. The van der Waals surface area contributed by atoms with Gasteiger partial charge >= 0.3 is 0 Å². The van der Waals surface area contributed by atoms with E-state index in [0.29, 0.717) is 40.4 Å². The van der Waals surface area contributed by atoms with Crippen molar-refractivity contribution in [2.24, 2.45) is 5.73 Å². The first-order chi connectivity index (χ1) is 19.2. The van der Waals surface area contributed by atoms with Gasteiger partial charge in [-0.1, -0.05) is 12.1 Å². The average Bonchev–Trinajstić information content (AvgIpc) is 3.58. The third-order valence-corrected chi connectivity index (χ3v) is 7.85. The summed E-state index contributed by atoms with van der Waals surface area (Å²) in [5, 5.41) is 5.55. The second kappa shape index (κ2) is 12.2. The zero-order valence-corrected chi connectivity index (χ0v) is 23.5. The van der Waals surface area contributed by atoms with Crippen molar-refractivity contribution < 1.29 is 19.2 Å². The standard InChI is InChI=1S/C27H28ClN7O4S/c1-14-19(17-4-6-18(7-5-17)40-9-8-28)12-35(32-13-36)24(14)27(39)34-21-11-31-23(16(21)3)26(38)33-20-10-30-22(15(20)2)25(29)37/h4-7,10-13,30-31H,8-9H2,1-3H3,(H2,29,37)(H,32,36)(H,33,38)(H,34,39). The van der Waals surface area contributed by atoms with E-state index in [2.05, 4.69) is 26.0 Å². The number of thioether (sulfide) groups is 1. The molecule has 1 aromatic carbocycles. The monoisotopic (exact) mass is 581 g/mol. The second-order valence-electron chi connectivity index (χ2n) is 8.87. The Labute approximate surface area is 239 Å². The number of carbonyl (C=O) groups excluding carboxylic acids is 4. The number of nitrogens with zero attached hydrogens (tertiary/aromatic N) is 1. The minimum absolute atomic E-state index is 0.203. The maximum Gasteiger partial charge on any atom is 0.274 e. The summed E-state index contributed by atoms with van der Waals surface area (Å²) in [6, 6.07) is 7.86. The van der Waals surface area contributed by atoms with Crippen LogP contribution < -0.4 is 21.8 Å². The summed E-state index contributed by atoms with van der Waals surface area (Å²) in [5.74, 6) is -0.221. The number of amides is 4. The molecule has 4 aromatic rings. The van der Waals surface area contributed by atoms with Gasteiger partial charge in [-0.05, 0) is 44.0 Å². The highest BCUT2D eigenvalue weighted by atomic mass is 35.5. The van der Waals surface area contributed by atoms with Crippen molar-refractivity contribution in [3.8, 4) is 11.1 Å². The molecular formula is C27H28ClN7O4S. The van der Waals surface area contributed by atoms with E-state index in [1.807, 2.05) is 24.3 Å². The third-order valence-electron chi connectivity index (χ3n) is 6.43. The highest BCUT2D eigenvalue weighted by Crippen LogP contribution is 2.30. The fourth-order valence-electron chi connectivity index (χ4n) is 4.32. The van der Waals surface area contributed by atoms with Gasteiger partial charge in [-0.15, -0.1) is 23.4 Å². The number of nitrogens with two attached hydrogens (primary N) is 1. The Hall–Kier alpha value is -4.42. The summed E-state index contributed by atoms with van der Waals surface area (Å²) >= 11 is 7.43. The zero-order chi connectivity index (χ0) is 29.0. The van der Waals surface area contributed by atoms with Gasteiger partial charge in [-0.2, -0.15) is 0 Å². The van der Waals surface area contributed by atoms with Crippen LogP contribution in [-0.2, 0) is 4.79 Å². The number of benzene rings is 1. The molecule has 40 heavy (non-hydrogen) atoms. The number of H-pyrrole nitrogens is 2. The predicted molar refractivity (Wildman–Crippen MR) is 157 cm³/mol. The van der Waals surface area contributed by atoms with Crippen LogP contribution in [-0.4, -0.2) is 50.4 Å². The van der Waals surface area contributed by atoms with Gasteiger partial charge in [0.1, 0.15) is 17.1 Å². The number of primary amides is 1. The molecule has 3 aromatic heterocycles. The smallest absolute Gasteiger partial charge is 0.274 e. The van der Waals surface area contributed by atoms with Gasteiger partial charge in [-0.25, -0.2) is 0 Å². The second-order valence-corrected chi connectivity index (χ2v) is 10.4. The Morgan fingerprint density at radius 1 is 0.950 bits per heavy atom. The molecule has 13 heteroatoms. The van der Waals surface area contributed by atoms with Crippen molar-refractivity contribution in [1.29, 1.82) is 0 Å². The number of aromatic amines is 2. The number of aromatic nitrogens is 3. The Kier molecular flexibility index (Phi) is 8.70. The van der Waals surface area contributed by atoms with Crippen LogP contribution in [0.4, 0.5) is 11.4 Å². The van der Waals surface area contributed by atoms with E-state index in [1.54, 1.807) is 38.7 Å². The Bertz CT molecular complexity index is 1590. The van der Waals surface area contributed by atoms with Crippen LogP contribution in [0.15, 0.2) is 47.8 Å². The quantitative estimate of drug-likeness (QED) is 0.0877. The number of hydrogen-bond donors (Lipinski definition) is 6. The van der Waals surface area contributed by atoms with Crippen molar-refractivity contribution >= 4 is 58.9 Å². The van der Waals surface area contributed by atoms with E-state index in [-0.39, 0.29) is 17.1 Å². The summed E-state index contributed by atoms with van der Waals surface area (Å²) in [5.41, 5.74) is 12.6. The SMILES string of the molecule is Cc1c(NC(=O)c2[nH]cc(NC(=O)c3c(C)c(-c4ccc(SCCCl)cc4)cn3NC=O)c2C)c[nH]c1C(N)=O.